The number of amides is 1. The fourth-order valence-electron chi connectivity index (χ4n) is 7.99. The highest BCUT2D eigenvalue weighted by Gasteiger charge is 2.54. The van der Waals surface area contributed by atoms with E-state index in [-0.39, 0.29) is 52.8 Å². The summed E-state index contributed by atoms with van der Waals surface area (Å²) in [5, 5.41) is 18.6. The summed E-state index contributed by atoms with van der Waals surface area (Å²) in [6.07, 6.45) is -10.7. The summed E-state index contributed by atoms with van der Waals surface area (Å²) in [6.45, 7) is 0.771. The van der Waals surface area contributed by atoms with E-state index in [1.807, 2.05) is 152 Å². The van der Waals surface area contributed by atoms with Crippen molar-refractivity contribution >= 4 is 6.09 Å². The molecule has 0 aromatic heterocycles. The third-order valence-corrected chi connectivity index (χ3v) is 11.3. The number of benzene rings is 5. The van der Waals surface area contributed by atoms with E-state index in [4.69, 9.17) is 47.4 Å². The maximum Gasteiger partial charge on any atom is 0.407 e. The van der Waals surface area contributed by atoms with Gasteiger partial charge in [0.05, 0.1) is 45.7 Å². The quantitative estimate of drug-likeness (QED) is 0.0344. The van der Waals surface area contributed by atoms with Gasteiger partial charge in [-0.15, -0.1) is 0 Å². The summed E-state index contributed by atoms with van der Waals surface area (Å²) < 4.78 is 64.2. The van der Waals surface area contributed by atoms with Gasteiger partial charge in [-0.3, -0.25) is 0 Å². The number of hydrogen-bond donors (Lipinski definition) is 2. The van der Waals surface area contributed by atoms with Crippen LogP contribution in [0.2, 0.25) is 0 Å². The highest BCUT2D eigenvalue weighted by atomic mass is 16.8. The van der Waals surface area contributed by atoms with Gasteiger partial charge < -0.3 is 57.8 Å². The Kier molecular flexibility index (Phi) is 17.1. The molecule has 1 amide bonds. The second-order valence-corrected chi connectivity index (χ2v) is 15.9. The Labute approximate surface area is 383 Å². The molecule has 2 N–H and O–H groups in total. The van der Waals surface area contributed by atoms with Crippen LogP contribution in [-0.2, 0) is 73.8 Å². The Hall–Kier alpha value is -5.72. The van der Waals surface area contributed by atoms with Crippen LogP contribution in [-0.4, -0.2) is 98.9 Å². The monoisotopic (exact) mass is 902 g/mol. The van der Waals surface area contributed by atoms with Crippen molar-refractivity contribution < 1.29 is 57.3 Å². The summed E-state index contributed by atoms with van der Waals surface area (Å²) in [6, 6.07) is 46.4. The van der Waals surface area contributed by atoms with Gasteiger partial charge in [-0.05, 0) is 27.8 Å². The number of hydrogen-bond acceptors (Lipinski definition) is 13. The van der Waals surface area contributed by atoms with Crippen molar-refractivity contribution in [3.8, 4) is 0 Å². The molecule has 0 bridgehead atoms. The second kappa shape index (κ2) is 24.2. The first-order valence-corrected chi connectivity index (χ1v) is 22.0. The molecule has 0 unspecified atom stereocenters. The van der Waals surface area contributed by atoms with Crippen LogP contribution in [0.1, 0.15) is 34.1 Å². The standard InChI is InChI=1S/C50H54N4O12/c51-54-53-41-42(55)43-40(33-61-47(65-43)38-24-14-5-15-25-38)63-48(41)66-44-39(32-57-28-34-16-6-1-7-17-34)64-49(58-27-26-52-50(56)62-31-37-22-12-4-13-23-37)46(60-30-36-20-10-3-11-21-36)45(44)59-29-35-18-8-2-9-19-35/h1-25,39-49,55H,26-33H2,(H,52,56)/t39-,40-,41+,42-,43-,44-,45+,46-,47-,48+,49-/m1/s1. The predicted molar refractivity (Wildman–Crippen MR) is 238 cm³/mol. The first-order chi connectivity index (χ1) is 32.5. The number of nitrogens with one attached hydrogen (secondary N) is 1. The van der Waals surface area contributed by atoms with Crippen molar-refractivity contribution in [1.82, 2.24) is 5.32 Å². The van der Waals surface area contributed by atoms with E-state index < -0.39 is 73.7 Å². The number of rotatable bonds is 20. The van der Waals surface area contributed by atoms with E-state index in [0.29, 0.717) is 0 Å². The molecule has 16 heteroatoms. The molecule has 346 valence electrons. The molecule has 3 aliphatic rings. The van der Waals surface area contributed by atoms with Crippen LogP contribution in [0, 0.1) is 0 Å². The van der Waals surface area contributed by atoms with Gasteiger partial charge in [0, 0.05) is 17.0 Å². The lowest BCUT2D eigenvalue weighted by atomic mass is 9.95. The van der Waals surface area contributed by atoms with Crippen molar-refractivity contribution in [3.63, 3.8) is 0 Å². The maximum absolute atomic E-state index is 12.7. The fraction of sp³-hybridized carbons (Fsp3) is 0.380. The van der Waals surface area contributed by atoms with Gasteiger partial charge in [-0.2, -0.15) is 0 Å². The molecular weight excluding hydrogens is 849 g/mol. The molecule has 3 heterocycles. The summed E-state index contributed by atoms with van der Waals surface area (Å²) in [5.41, 5.74) is 14.1. The zero-order valence-electron chi connectivity index (χ0n) is 36.2. The molecule has 66 heavy (non-hydrogen) atoms. The molecule has 0 spiro atoms. The second-order valence-electron chi connectivity index (χ2n) is 15.9. The smallest absolute Gasteiger partial charge is 0.407 e. The molecule has 0 radical (unpaired) electrons. The Balaban J connectivity index is 1.07. The van der Waals surface area contributed by atoms with E-state index in [1.54, 1.807) is 0 Å². The van der Waals surface area contributed by atoms with Crippen molar-refractivity contribution in [2.45, 2.75) is 94.1 Å². The lowest BCUT2D eigenvalue weighted by Gasteiger charge is -2.50. The summed E-state index contributed by atoms with van der Waals surface area (Å²) >= 11 is 0. The minimum Gasteiger partial charge on any atom is -0.445 e. The van der Waals surface area contributed by atoms with Gasteiger partial charge in [0.1, 0.15) is 49.3 Å². The highest BCUT2D eigenvalue weighted by Crippen LogP contribution is 2.38. The number of alkyl carbamates (subject to hydrolysis) is 1. The maximum atomic E-state index is 12.7. The number of azide groups is 1. The zero-order chi connectivity index (χ0) is 45.3. The van der Waals surface area contributed by atoms with Crippen LogP contribution in [0.3, 0.4) is 0 Å². The highest BCUT2D eigenvalue weighted by molar-refractivity contribution is 5.67. The van der Waals surface area contributed by atoms with Gasteiger partial charge in [-0.1, -0.05) is 157 Å². The number of nitrogens with zero attached hydrogens (tertiary/aromatic N) is 3. The topological polar surface area (TPSA) is 190 Å². The van der Waals surface area contributed by atoms with Crippen LogP contribution < -0.4 is 5.32 Å². The van der Waals surface area contributed by atoms with Crippen LogP contribution in [0.15, 0.2) is 157 Å². The van der Waals surface area contributed by atoms with Gasteiger partial charge in [-0.25, -0.2) is 4.79 Å². The average molecular weight is 903 g/mol. The molecule has 5 aromatic carbocycles. The van der Waals surface area contributed by atoms with Crippen LogP contribution >= 0.6 is 0 Å². The Morgan fingerprint density at radius 1 is 0.667 bits per heavy atom. The first kappa shape index (κ1) is 46.8. The number of carbonyl (C=O) groups is 1. The lowest BCUT2D eigenvalue weighted by Crippen LogP contribution is -2.66. The summed E-state index contributed by atoms with van der Waals surface area (Å²) in [7, 11) is 0. The molecule has 8 rings (SSSR count). The number of carbonyl (C=O) groups excluding carboxylic acids is 1. The Bertz CT molecular complexity index is 2250. The Morgan fingerprint density at radius 3 is 1.83 bits per heavy atom. The molecule has 11 atom stereocenters. The average Bonchev–Trinajstić information content (AvgIpc) is 3.37. The normalized spacial score (nSPS) is 27.2. The molecule has 3 saturated heterocycles. The van der Waals surface area contributed by atoms with Gasteiger partial charge in [0.2, 0.25) is 0 Å². The molecular formula is C50H54N4O12. The van der Waals surface area contributed by atoms with Gasteiger partial charge >= 0.3 is 6.09 Å². The van der Waals surface area contributed by atoms with E-state index in [0.717, 1.165) is 27.8 Å². The van der Waals surface area contributed by atoms with Gasteiger partial charge in [0.15, 0.2) is 18.9 Å². The predicted octanol–water partition coefficient (Wildman–Crippen LogP) is 7.31. The number of aliphatic hydroxyl groups excluding tert-OH is 1. The van der Waals surface area contributed by atoms with E-state index >= 15 is 0 Å². The van der Waals surface area contributed by atoms with Crippen LogP contribution in [0.25, 0.3) is 10.4 Å². The van der Waals surface area contributed by atoms with Crippen molar-refractivity contribution in [2.24, 2.45) is 5.11 Å². The third kappa shape index (κ3) is 12.8. The molecule has 3 aliphatic heterocycles. The fourth-order valence-corrected chi connectivity index (χ4v) is 7.99. The SMILES string of the molecule is [N-]=[N+]=N[C@@H]1[C@H](O[C@H]2[C@H](OCc3ccccc3)[C@@H](OCc3ccccc3)[C@H](OCCNC(=O)OCc3ccccc3)O[C@@H]2COCc2ccccc2)O[C@@H]2CO[C@@H](c3ccccc3)O[C@H]2[C@@H]1O. The summed E-state index contributed by atoms with van der Waals surface area (Å²) in [5.74, 6) is 0. The largest absolute Gasteiger partial charge is 0.445 e. The minimum absolute atomic E-state index is 0.00868. The number of fused-ring (bicyclic) bond motifs is 1. The molecule has 5 aromatic rings. The zero-order valence-corrected chi connectivity index (χ0v) is 36.2. The summed E-state index contributed by atoms with van der Waals surface area (Å²) in [4.78, 5) is 15.8. The Morgan fingerprint density at radius 2 is 1.23 bits per heavy atom. The molecule has 16 nitrogen and oxygen atoms in total. The third-order valence-electron chi connectivity index (χ3n) is 11.3. The van der Waals surface area contributed by atoms with E-state index in [1.165, 1.54) is 0 Å². The van der Waals surface area contributed by atoms with Crippen LogP contribution in [0.4, 0.5) is 4.79 Å². The first-order valence-electron chi connectivity index (χ1n) is 22.0. The van der Waals surface area contributed by atoms with Crippen molar-refractivity contribution in [2.75, 3.05) is 26.4 Å². The number of aliphatic hydroxyl groups is 1. The van der Waals surface area contributed by atoms with E-state index in [9.17, 15) is 15.4 Å². The van der Waals surface area contributed by atoms with Gasteiger partial charge in [0.25, 0.3) is 0 Å². The minimum atomic E-state index is -1.35. The molecule has 0 aliphatic carbocycles. The van der Waals surface area contributed by atoms with Crippen molar-refractivity contribution in [3.05, 3.63) is 190 Å². The number of ether oxygens (including phenoxy) is 10. The lowest BCUT2D eigenvalue weighted by molar-refractivity contribution is -0.376. The molecule has 3 fully saturated rings. The van der Waals surface area contributed by atoms with E-state index in [2.05, 4.69) is 15.3 Å². The van der Waals surface area contributed by atoms with Crippen molar-refractivity contribution in [1.29, 1.82) is 0 Å². The molecule has 0 saturated carbocycles. The van der Waals surface area contributed by atoms with Crippen LogP contribution in [0.5, 0.6) is 0 Å².